The molecular weight excluding hydrogens is 257 g/mol. The molecule has 0 aromatic carbocycles. The van der Waals surface area contributed by atoms with Gasteiger partial charge in [-0.2, -0.15) is 13.2 Å². The summed E-state index contributed by atoms with van der Waals surface area (Å²) < 4.78 is 43.1. The van der Waals surface area contributed by atoms with Gasteiger partial charge < -0.3 is 10.1 Å². The fraction of sp³-hybridized carbons (Fsp3) is 1.00. The molecule has 0 aromatic rings. The Hall–Kier alpha value is -0.330. The fourth-order valence-corrected chi connectivity index (χ4v) is 2.63. The van der Waals surface area contributed by atoms with Gasteiger partial charge in [0.1, 0.15) is 0 Å². The van der Waals surface area contributed by atoms with Crippen molar-refractivity contribution in [3.8, 4) is 0 Å². The molecule has 1 aliphatic heterocycles. The first kappa shape index (κ1) is 15.1. The molecule has 0 bridgehead atoms. The molecule has 6 heteroatoms. The SMILES string of the molecule is CC(CNCC1CCCO1)N(CC(F)(F)F)C1CC1. The maximum atomic E-state index is 12.5. The number of rotatable bonds is 7. The molecule has 1 aliphatic carbocycles. The Morgan fingerprint density at radius 3 is 2.58 bits per heavy atom. The summed E-state index contributed by atoms with van der Waals surface area (Å²) in [5, 5.41) is 3.24. The highest BCUT2D eigenvalue weighted by molar-refractivity contribution is 4.89. The van der Waals surface area contributed by atoms with Crippen LogP contribution in [0.15, 0.2) is 0 Å². The Labute approximate surface area is 112 Å². The highest BCUT2D eigenvalue weighted by Crippen LogP contribution is 2.31. The molecule has 2 atom stereocenters. The van der Waals surface area contributed by atoms with E-state index in [1.54, 1.807) is 4.90 Å². The van der Waals surface area contributed by atoms with Crippen LogP contribution in [0.1, 0.15) is 32.6 Å². The highest BCUT2D eigenvalue weighted by atomic mass is 19.4. The summed E-state index contributed by atoms with van der Waals surface area (Å²) in [6.07, 6.45) is 0.0636. The Bertz CT molecular complexity index is 276. The van der Waals surface area contributed by atoms with Crippen LogP contribution < -0.4 is 5.32 Å². The van der Waals surface area contributed by atoms with Crippen molar-refractivity contribution in [1.29, 1.82) is 0 Å². The van der Waals surface area contributed by atoms with Crippen molar-refractivity contribution in [2.75, 3.05) is 26.2 Å². The zero-order valence-electron chi connectivity index (χ0n) is 11.4. The second kappa shape index (κ2) is 6.41. The minimum atomic E-state index is -4.11. The number of nitrogens with one attached hydrogen (secondary N) is 1. The summed E-state index contributed by atoms with van der Waals surface area (Å²) in [5.41, 5.74) is 0. The van der Waals surface area contributed by atoms with Crippen LogP contribution in [-0.4, -0.2) is 55.5 Å². The molecule has 0 aromatic heterocycles. The Kier molecular flexibility index (Phi) is 5.09. The van der Waals surface area contributed by atoms with E-state index in [-0.39, 0.29) is 18.2 Å². The maximum Gasteiger partial charge on any atom is 0.401 e. The van der Waals surface area contributed by atoms with E-state index in [0.717, 1.165) is 38.8 Å². The van der Waals surface area contributed by atoms with Crippen LogP contribution in [0.3, 0.4) is 0 Å². The molecule has 0 spiro atoms. The smallest absolute Gasteiger partial charge is 0.377 e. The number of hydrogen-bond donors (Lipinski definition) is 1. The summed E-state index contributed by atoms with van der Waals surface area (Å²) in [5.74, 6) is 0. The largest absolute Gasteiger partial charge is 0.401 e. The van der Waals surface area contributed by atoms with Crippen LogP contribution in [0, 0.1) is 0 Å². The molecule has 2 aliphatic rings. The number of nitrogens with zero attached hydrogens (tertiary/aromatic N) is 1. The van der Waals surface area contributed by atoms with Crippen molar-refractivity contribution in [1.82, 2.24) is 10.2 Å². The Morgan fingerprint density at radius 2 is 2.05 bits per heavy atom. The van der Waals surface area contributed by atoms with E-state index in [0.29, 0.717) is 6.54 Å². The zero-order chi connectivity index (χ0) is 13.9. The van der Waals surface area contributed by atoms with Gasteiger partial charge in [-0.15, -0.1) is 0 Å². The molecule has 19 heavy (non-hydrogen) atoms. The molecule has 2 fully saturated rings. The second-order valence-corrected chi connectivity index (χ2v) is 5.66. The topological polar surface area (TPSA) is 24.5 Å². The first-order chi connectivity index (χ1) is 8.96. The van der Waals surface area contributed by atoms with Crippen LogP contribution in [-0.2, 0) is 4.74 Å². The van der Waals surface area contributed by atoms with Crippen LogP contribution >= 0.6 is 0 Å². The summed E-state index contributed by atoms with van der Waals surface area (Å²) in [4.78, 5) is 1.59. The average molecular weight is 280 g/mol. The van der Waals surface area contributed by atoms with E-state index < -0.39 is 12.7 Å². The van der Waals surface area contributed by atoms with Gasteiger partial charge in [0.15, 0.2) is 0 Å². The van der Waals surface area contributed by atoms with Crippen molar-refractivity contribution in [3.05, 3.63) is 0 Å². The molecule has 2 rings (SSSR count). The Morgan fingerprint density at radius 1 is 1.32 bits per heavy atom. The van der Waals surface area contributed by atoms with Gasteiger partial charge in [-0.05, 0) is 32.6 Å². The maximum absolute atomic E-state index is 12.5. The van der Waals surface area contributed by atoms with Gasteiger partial charge in [0, 0.05) is 31.8 Å². The summed E-state index contributed by atoms with van der Waals surface area (Å²) >= 11 is 0. The monoisotopic (exact) mass is 280 g/mol. The van der Waals surface area contributed by atoms with E-state index in [4.69, 9.17) is 4.74 Å². The van der Waals surface area contributed by atoms with Crippen molar-refractivity contribution in [2.45, 2.75) is 57.0 Å². The number of halogens is 3. The van der Waals surface area contributed by atoms with Crippen LogP contribution in [0.4, 0.5) is 13.2 Å². The predicted octanol–water partition coefficient (Wildman–Crippen LogP) is 2.17. The number of alkyl halides is 3. The lowest BCUT2D eigenvalue weighted by Crippen LogP contribution is -2.47. The third kappa shape index (κ3) is 5.28. The van der Waals surface area contributed by atoms with E-state index >= 15 is 0 Å². The standard InChI is InChI=1S/C13H23F3N2O/c1-10(7-17-8-12-3-2-6-19-12)18(11-4-5-11)9-13(14,15)16/h10-12,17H,2-9H2,1H3. The first-order valence-corrected chi connectivity index (χ1v) is 7.10. The normalized spacial score (nSPS) is 26.1. The third-order valence-corrected chi connectivity index (χ3v) is 3.78. The molecule has 1 saturated carbocycles. The zero-order valence-corrected chi connectivity index (χ0v) is 11.4. The molecular formula is C13H23F3N2O. The van der Waals surface area contributed by atoms with E-state index in [9.17, 15) is 13.2 Å². The molecule has 3 nitrogen and oxygen atoms in total. The van der Waals surface area contributed by atoms with Gasteiger partial charge in [0.25, 0.3) is 0 Å². The van der Waals surface area contributed by atoms with Crippen LogP contribution in [0.2, 0.25) is 0 Å². The van der Waals surface area contributed by atoms with Crippen molar-refractivity contribution >= 4 is 0 Å². The second-order valence-electron chi connectivity index (χ2n) is 5.66. The molecule has 0 radical (unpaired) electrons. The quantitative estimate of drug-likeness (QED) is 0.773. The molecule has 112 valence electrons. The minimum absolute atomic E-state index is 0.0875. The lowest BCUT2D eigenvalue weighted by Gasteiger charge is -2.30. The molecule has 0 amide bonds. The van der Waals surface area contributed by atoms with Crippen molar-refractivity contribution in [3.63, 3.8) is 0 Å². The van der Waals surface area contributed by atoms with Gasteiger partial charge in [-0.25, -0.2) is 0 Å². The van der Waals surface area contributed by atoms with Crippen molar-refractivity contribution in [2.24, 2.45) is 0 Å². The minimum Gasteiger partial charge on any atom is -0.377 e. The molecule has 1 saturated heterocycles. The van der Waals surface area contributed by atoms with Gasteiger partial charge in [0.2, 0.25) is 0 Å². The molecule has 2 unspecified atom stereocenters. The third-order valence-electron chi connectivity index (χ3n) is 3.78. The van der Waals surface area contributed by atoms with Crippen LogP contribution in [0.25, 0.3) is 0 Å². The van der Waals surface area contributed by atoms with Crippen LogP contribution in [0.5, 0.6) is 0 Å². The Balaban J connectivity index is 1.70. The summed E-state index contributed by atoms with van der Waals surface area (Å²) in [7, 11) is 0. The van der Waals surface area contributed by atoms with Gasteiger partial charge >= 0.3 is 6.18 Å². The van der Waals surface area contributed by atoms with Crippen molar-refractivity contribution < 1.29 is 17.9 Å². The van der Waals surface area contributed by atoms with E-state index in [2.05, 4.69) is 5.32 Å². The average Bonchev–Trinajstić information content (AvgIpc) is 3.03. The predicted molar refractivity (Wildman–Crippen MR) is 67.1 cm³/mol. The lowest BCUT2D eigenvalue weighted by atomic mass is 10.2. The highest BCUT2D eigenvalue weighted by Gasteiger charge is 2.40. The van der Waals surface area contributed by atoms with Gasteiger partial charge in [-0.1, -0.05) is 0 Å². The first-order valence-electron chi connectivity index (χ1n) is 7.10. The number of hydrogen-bond acceptors (Lipinski definition) is 3. The van der Waals surface area contributed by atoms with Gasteiger partial charge in [-0.3, -0.25) is 4.90 Å². The molecule has 1 N–H and O–H groups in total. The van der Waals surface area contributed by atoms with E-state index in [1.165, 1.54) is 0 Å². The lowest BCUT2D eigenvalue weighted by molar-refractivity contribution is -0.151. The van der Waals surface area contributed by atoms with Gasteiger partial charge in [0.05, 0.1) is 12.6 Å². The number of ether oxygens (including phenoxy) is 1. The summed E-state index contributed by atoms with van der Waals surface area (Å²) in [6.45, 7) is 3.22. The fourth-order valence-electron chi connectivity index (χ4n) is 2.63. The summed E-state index contributed by atoms with van der Waals surface area (Å²) in [6, 6.07) is 0.0386. The molecule has 1 heterocycles. The van der Waals surface area contributed by atoms with E-state index in [1.807, 2.05) is 6.92 Å².